The number of ether oxygens (including phenoxy) is 1. The Kier molecular flexibility index (Phi) is 3.26. The Morgan fingerprint density at radius 2 is 2.00 bits per heavy atom. The maximum Gasteiger partial charge on any atom is 0.123 e. The molecular formula is C14H14BrNOS. The van der Waals surface area contributed by atoms with E-state index in [1.165, 1.54) is 16.1 Å². The molecule has 0 spiro atoms. The number of halogens is 1. The van der Waals surface area contributed by atoms with E-state index < -0.39 is 0 Å². The van der Waals surface area contributed by atoms with Gasteiger partial charge in [-0.25, -0.2) is 4.98 Å². The van der Waals surface area contributed by atoms with Gasteiger partial charge in [0, 0.05) is 16.5 Å². The Labute approximate surface area is 119 Å². The highest BCUT2D eigenvalue weighted by Gasteiger charge is 2.26. The molecule has 0 amide bonds. The highest BCUT2D eigenvalue weighted by molar-refractivity contribution is 9.10. The molecule has 1 aliphatic heterocycles. The standard InChI is InChI=1S/C14H14BrNOS/c1-8-7-12-13(9(2)17-8)18-14(16-12)10-3-5-11(15)6-4-10/h3-6,8-9H,7H2,1-2H3. The minimum atomic E-state index is 0.172. The summed E-state index contributed by atoms with van der Waals surface area (Å²) < 4.78 is 6.94. The maximum atomic E-state index is 5.84. The molecule has 0 bridgehead atoms. The zero-order valence-electron chi connectivity index (χ0n) is 10.3. The van der Waals surface area contributed by atoms with Crippen molar-refractivity contribution in [1.29, 1.82) is 0 Å². The van der Waals surface area contributed by atoms with E-state index in [1.54, 1.807) is 11.3 Å². The maximum absolute atomic E-state index is 5.84. The van der Waals surface area contributed by atoms with Crippen molar-refractivity contribution in [2.45, 2.75) is 32.5 Å². The molecule has 0 aliphatic carbocycles. The Bertz CT molecular complexity index is 564. The van der Waals surface area contributed by atoms with Crippen LogP contribution in [0.15, 0.2) is 28.7 Å². The molecule has 0 fully saturated rings. The van der Waals surface area contributed by atoms with E-state index in [2.05, 4.69) is 54.0 Å². The molecule has 0 saturated carbocycles. The van der Waals surface area contributed by atoms with Gasteiger partial charge in [-0.3, -0.25) is 0 Å². The second-order valence-electron chi connectivity index (χ2n) is 4.63. The SMILES string of the molecule is CC1Cc2nc(-c3ccc(Br)cc3)sc2C(C)O1. The molecular weight excluding hydrogens is 310 g/mol. The lowest BCUT2D eigenvalue weighted by Gasteiger charge is -2.23. The molecule has 18 heavy (non-hydrogen) atoms. The van der Waals surface area contributed by atoms with Gasteiger partial charge in [0.05, 0.1) is 22.8 Å². The number of rotatable bonds is 1. The average Bonchev–Trinajstić information content (AvgIpc) is 2.74. The topological polar surface area (TPSA) is 22.1 Å². The van der Waals surface area contributed by atoms with Crippen LogP contribution in [0.3, 0.4) is 0 Å². The summed E-state index contributed by atoms with van der Waals surface area (Å²) in [5.41, 5.74) is 2.39. The van der Waals surface area contributed by atoms with E-state index in [9.17, 15) is 0 Å². The normalized spacial score (nSPS) is 22.8. The molecule has 1 aliphatic rings. The highest BCUT2D eigenvalue weighted by atomic mass is 79.9. The van der Waals surface area contributed by atoms with Gasteiger partial charge in [0.1, 0.15) is 5.01 Å². The third-order valence-corrected chi connectivity index (χ3v) is 4.94. The van der Waals surface area contributed by atoms with Gasteiger partial charge in [-0.1, -0.05) is 28.1 Å². The Balaban J connectivity index is 2.00. The molecule has 94 valence electrons. The number of aromatic nitrogens is 1. The first kappa shape index (κ1) is 12.3. The molecule has 2 atom stereocenters. The Morgan fingerprint density at radius 3 is 2.72 bits per heavy atom. The van der Waals surface area contributed by atoms with Crippen molar-refractivity contribution >= 4 is 27.3 Å². The van der Waals surface area contributed by atoms with Crippen molar-refractivity contribution < 1.29 is 4.74 Å². The quantitative estimate of drug-likeness (QED) is 0.765. The second kappa shape index (κ2) is 4.76. The molecule has 1 aromatic heterocycles. The van der Waals surface area contributed by atoms with Crippen molar-refractivity contribution in [2.24, 2.45) is 0 Å². The van der Waals surface area contributed by atoms with Gasteiger partial charge in [0.25, 0.3) is 0 Å². The van der Waals surface area contributed by atoms with Gasteiger partial charge in [-0.15, -0.1) is 11.3 Å². The van der Waals surface area contributed by atoms with E-state index in [-0.39, 0.29) is 12.2 Å². The van der Waals surface area contributed by atoms with E-state index >= 15 is 0 Å². The van der Waals surface area contributed by atoms with Crippen LogP contribution < -0.4 is 0 Å². The van der Waals surface area contributed by atoms with Crippen molar-refractivity contribution in [3.63, 3.8) is 0 Å². The van der Waals surface area contributed by atoms with Gasteiger partial charge in [0.2, 0.25) is 0 Å². The van der Waals surface area contributed by atoms with E-state index in [4.69, 9.17) is 9.72 Å². The molecule has 2 aromatic rings. The monoisotopic (exact) mass is 323 g/mol. The zero-order valence-corrected chi connectivity index (χ0v) is 12.7. The second-order valence-corrected chi connectivity index (χ2v) is 6.58. The molecule has 2 unspecified atom stereocenters. The van der Waals surface area contributed by atoms with Crippen LogP contribution >= 0.6 is 27.3 Å². The number of fused-ring (bicyclic) bond motifs is 1. The summed E-state index contributed by atoms with van der Waals surface area (Å²) in [5, 5.41) is 1.09. The van der Waals surface area contributed by atoms with Gasteiger partial charge in [-0.05, 0) is 26.0 Å². The summed E-state index contributed by atoms with van der Waals surface area (Å²) in [6, 6.07) is 8.31. The molecule has 4 heteroatoms. The summed E-state index contributed by atoms with van der Waals surface area (Å²) in [5.74, 6) is 0. The summed E-state index contributed by atoms with van der Waals surface area (Å²) in [6.07, 6.45) is 1.37. The highest BCUT2D eigenvalue weighted by Crippen LogP contribution is 2.38. The van der Waals surface area contributed by atoms with Crippen molar-refractivity contribution in [1.82, 2.24) is 4.98 Å². The van der Waals surface area contributed by atoms with Crippen molar-refractivity contribution in [3.05, 3.63) is 39.3 Å². The third-order valence-electron chi connectivity index (χ3n) is 3.11. The van der Waals surface area contributed by atoms with E-state index in [1.807, 2.05) is 0 Å². The Morgan fingerprint density at radius 1 is 1.28 bits per heavy atom. The van der Waals surface area contributed by atoms with Gasteiger partial charge >= 0.3 is 0 Å². The summed E-state index contributed by atoms with van der Waals surface area (Å²) >= 11 is 5.21. The fourth-order valence-corrected chi connectivity index (χ4v) is 3.62. The van der Waals surface area contributed by atoms with Gasteiger partial charge < -0.3 is 4.74 Å². The van der Waals surface area contributed by atoms with Crippen LogP contribution in [0.5, 0.6) is 0 Å². The first-order chi connectivity index (χ1) is 8.63. The molecule has 2 heterocycles. The van der Waals surface area contributed by atoms with Crippen LogP contribution in [0.25, 0.3) is 10.6 Å². The van der Waals surface area contributed by atoms with E-state index in [0.717, 1.165) is 15.9 Å². The lowest BCUT2D eigenvalue weighted by atomic mass is 10.1. The smallest absolute Gasteiger partial charge is 0.123 e. The number of nitrogens with zero attached hydrogens (tertiary/aromatic N) is 1. The molecule has 1 aromatic carbocycles. The van der Waals surface area contributed by atoms with Gasteiger partial charge in [-0.2, -0.15) is 0 Å². The fourth-order valence-electron chi connectivity index (χ4n) is 2.27. The number of benzene rings is 1. The minimum Gasteiger partial charge on any atom is -0.370 e. The van der Waals surface area contributed by atoms with Crippen LogP contribution in [0.2, 0.25) is 0 Å². The molecule has 3 rings (SSSR count). The first-order valence-electron chi connectivity index (χ1n) is 6.04. The van der Waals surface area contributed by atoms with Crippen LogP contribution in [0.4, 0.5) is 0 Å². The average molecular weight is 324 g/mol. The van der Waals surface area contributed by atoms with Crippen molar-refractivity contribution in [3.8, 4) is 10.6 Å². The van der Waals surface area contributed by atoms with Gasteiger partial charge in [0.15, 0.2) is 0 Å². The summed E-state index contributed by atoms with van der Waals surface area (Å²) in [6.45, 7) is 4.22. The lowest BCUT2D eigenvalue weighted by Crippen LogP contribution is -2.20. The Hall–Kier alpha value is -0.710. The zero-order chi connectivity index (χ0) is 12.7. The fraction of sp³-hybridized carbons (Fsp3) is 0.357. The van der Waals surface area contributed by atoms with Crippen LogP contribution in [0, 0.1) is 0 Å². The lowest BCUT2D eigenvalue weighted by molar-refractivity contribution is -0.00316. The first-order valence-corrected chi connectivity index (χ1v) is 7.65. The summed E-state index contributed by atoms with van der Waals surface area (Å²) in [4.78, 5) is 6.06. The number of hydrogen-bond acceptors (Lipinski definition) is 3. The molecule has 2 nitrogen and oxygen atoms in total. The van der Waals surface area contributed by atoms with Crippen LogP contribution in [-0.2, 0) is 11.2 Å². The number of hydrogen-bond donors (Lipinski definition) is 0. The largest absolute Gasteiger partial charge is 0.370 e. The minimum absolute atomic E-state index is 0.172. The van der Waals surface area contributed by atoms with Crippen molar-refractivity contribution in [2.75, 3.05) is 0 Å². The predicted molar refractivity (Wildman–Crippen MR) is 77.9 cm³/mol. The molecule has 0 N–H and O–H groups in total. The predicted octanol–water partition coefficient (Wildman–Crippen LogP) is 4.59. The third kappa shape index (κ3) is 2.25. The van der Waals surface area contributed by atoms with Crippen LogP contribution in [-0.4, -0.2) is 11.1 Å². The van der Waals surface area contributed by atoms with E-state index in [0.29, 0.717) is 0 Å². The molecule has 0 radical (unpaired) electrons. The number of thiazole rings is 1. The molecule has 0 saturated heterocycles. The summed E-state index contributed by atoms with van der Waals surface area (Å²) in [7, 11) is 0. The van der Waals surface area contributed by atoms with Crippen LogP contribution in [0.1, 0.15) is 30.5 Å².